The zero-order valence-electron chi connectivity index (χ0n) is 12.8. The normalized spacial score (nSPS) is 11.6. The van der Waals surface area contributed by atoms with E-state index in [-0.39, 0.29) is 5.41 Å². The molecule has 112 valence electrons. The molecule has 0 fully saturated rings. The van der Waals surface area contributed by atoms with Crippen LogP contribution in [0.5, 0.6) is 0 Å². The Kier molecular flexibility index (Phi) is 3.87. The third-order valence-corrected chi connectivity index (χ3v) is 4.05. The molecule has 0 aliphatic carbocycles. The van der Waals surface area contributed by atoms with Gasteiger partial charge in [-0.2, -0.15) is 4.98 Å². The van der Waals surface area contributed by atoms with Gasteiger partial charge in [-0.15, -0.1) is 0 Å². The van der Waals surface area contributed by atoms with Crippen LogP contribution < -0.4 is 0 Å². The van der Waals surface area contributed by atoms with E-state index in [4.69, 9.17) is 4.52 Å². The van der Waals surface area contributed by atoms with Crippen LogP contribution in [0, 0.1) is 0 Å². The summed E-state index contributed by atoms with van der Waals surface area (Å²) in [6.45, 7) is 6.58. The molecular formula is C18H17BrN2O. The fourth-order valence-electron chi connectivity index (χ4n) is 2.17. The Bertz CT molecular complexity index is 768. The van der Waals surface area contributed by atoms with Crippen LogP contribution in [-0.2, 0) is 5.41 Å². The molecule has 1 aromatic heterocycles. The second kappa shape index (κ2) is 5.69. The van der Waals surface area contributed by atoms with Gasteiger partial charge in [-0.3, -0.25) is 0 Å². The van der Waals surface area contributed by atoms with Crippen molar-refractivity contribution in [2.24, 2.45) is 0 Å². The molecule has 3 aromatic rings. The first kappa shape index (κ1) is 15.0. The fraction of sp³-hybridized carbons (Fsp3) is 0.222. The van der Waals surface area contributed by atoms with Crippen LogP contribution in [0.1, 0.15) is 26.3 Å². The molecule has 0 aliphatic rings. The summed E-state index contributed by atoms with van der Waals surface area (Å²) < 4.78 is 6.41. The smallest absolute Gasteiger partial charge is 0.258 e. The summed E-state index contributed by atoms with van der Waals surface area (Å²) in [5.74, 6) is 1.14. The Hall–Kier alpha value is -1.94. The molecule has 0 unspecified atom stereocenters. The van der Waals surface area contributed by atoms with Crippen molar-refractivity contribution in [1.82, 2.24) is 10.1 Å². The minimum atomic E-state index is 0.135. The minimum Gasteiger partial charge on any atom is -0.334 e. The van der Waals surface area contributed by atoms with E-state index in [9.17, 15) is 0 Å². The number of benzene rings is 2. The highest BCUT2D eigenvalue weighted by atomic mass is 79.9. The molecule has 1 heterocycles. The predicted molar refractivity (Wildman–Crippen MR) is 91.6 cm³/mol. The third kappa shape index (κ3) is 3.12. The molecule has 0 spiro atoms. The van der Waals surface area contributed by atoms with Crippen LogP contribution in [0.2, 0.25) is 0 Å². The summed E-state index contributed by atoms with van der Waals surface area (Å²) >= 11 is 3.42. The van der Waals surface area contributed by atoms with E-state index < -0.39 is 0 Å². The highest BCUT2D eigenvalue weighted by molar-refractivity contribution is 9.10. The van der Waals surface area contributed by atoms with Gasteiger partial charge < -0.3 is 4.52 Å². The summed E-state index contributed by atoms with van der Waals surface area (Å²) in [5, 5.41) is 4.06. The number of hydrogen-bond acceptors (Lipinski definition) is 3. The van der Waals surface area contributed by atoms with Crippen molar-refractivity contribution < 1.29 is 4.52 Å². The molecular weight excluding hydrogens is 340 g/mol. The van der Waals surface area contributed by atoms with Crippen molar-refractivity contribution in [1.29, 1.82) is 0 Å². The largest absolute Gasteiger partial charge is 0.334 e. The predicted octanol–water partition coefficient (Wildman–Crippen LogP) is 5.46. The first-order valence-corrected chi connectivity index (χ1v) is 7.93. The minimum absolute atomic E-state index is 0.135. The van der Waals surface area contributed by atoms with E-state index in [0.29, 0.717) is 11.7 Å². The highest BCUT2D eigenvalue weighted by Gasteiger charge is 2.15. The van der Waals surface area contributed by atoms with Crippen molar-refractivity contribution in [2.45, 2.75) is 26.2 Å². The summed E-state index contributed by atoms with van der Waals surface area (Å²) in [7, 11) is 0. The van der Waals surface area contributed by atoms with E-state index in [0.717, 1.165) is 15.6 Å². The van der Waals surface area contributed by atoms with E-state index in [2.05, 4.69) is 59.0 Å². The van der Waals surface area contributed by atoms with Gasteiger partial charge in [0.15, 0.2) is 0 Å². The molecule has 3 nitrogen and oxygen atoms in total. The molecule has 4 heteroatoms. The van der Waals surface area contributed by atoms with Gasteiger partial charge in [0, 0.05) is 15.6 Å². The molecule has 0 amide bonds. The second-order valence-corrected chi connectivity index (χ2v) is 7.17. The summed E-state index contributed by atoms with van der Waals surface area (Å²) in [5.41, 5.74) is 3.29. The van der Waals surface area contributed by atoms with Gasteiger partial charge in [-0.1, -0.05) is 54.0 Å². The maximum Gasteiger partial charge on any atom is 0.258 e. The van der Waals surface area contributed by atoms with E-state index in [1.54, 1.807) is 0 Å². The lowest BCUT2D eigenvalue weighted by Gasteiger charge is -2.18. The number of nitrogens with zero attached hydrogens (tertiary/aromatic N) is 2. The van der Waals surface area contributed by atoms with Crippen LogP contribution in [0.25, 0.3) is 22.8 Å². The van der Waals surface area contributed by atoms with Crippen molar-refractivity contribution in [3.05, 3.63) is 58.6 Å². The van der Waals surface area contributed by atoms with Gasteiger partial charge in [0.05, 0.1) is 0 Å². The average Bonchev–Trinajstić information content (AvgIpc) is 2.97. The van der Waals surface area contributed by atoms with E-state index in [1.807, 2.05) is 36.4 Å². The van der Waals surface area contributed by atoms with Crippen LogP contribution in [0.15, 0.2) is 57.5 Å². The van der Waals surface area contributed by atoms with E-state index >= 15 is 0 Å². The van der Waals surface area contributed by atoms with Crippen molar-refractivity contribution in [3.8, 4) is 22.8 Å². The maximum absolute atomic E-state index is 5.39. The van der Waals surface area contributed by atoms with Crippen molar-refractivity contribution >= 4 is 15.9 Å². The van der Waals surface area contributed by atoms with Gasteiger partial charge in [0.1, 0.15) is 0 Å². The lowest BCUT2D eigenvalue weighted by molar-refractivity contribution is 0.432. The van der Waals surface area contributed by atoms with Gasteiger partial charge in [-0.05, 0) is 47.4 Å². The first-order chi connectivity index (χ1) is 10.4. The number of hydrogen-bond donors (Lipinski definition) is 0. The quantitative estimate of drug-likeness (QED) is 0.611. The summed E-state index contributed by atoms with van der Waals surface area (Å²) in [6, 6.07) is 16.1. The van der Waals surface area contributed by atoms with Gasteiger partial charge >= 0.3 is 0 Å². The Labute approximate surface area is 138 Å². The number of rotatable bonds is 2. The van der Waals surface area contributed by atoms with Crippen LogP contribution in [-0.4, -0.2) is 10.1 Å². The molecule has 0 atom stereocenters. The van der Waals surface area contributed by atoms with Crippen LogP contribution in [0.4, 0.5) is 0 Å². The SMILES string of the molecule is CC(C)(C)c1ccc(-c2nc(-c3ccc(Br)cc3)no2)cc1. The monoisotopic (exact) mass is 356 g/mol. The average molecular weight is 357 g/mol. The number of aromatic nitrogens is 2. The standard InChI is InChI=1S/C18H17BrN2O/c1-18(2,3)14-8-4-13(5-9-14)17-20-16(21-22-17)12-6-10-15(19)11-7-12/h4-11H,1-3H3. The Morgan fingerprint density at radius 2 is 1.45 bits per heavy atom. The summed E-state index contributed by atoms with van der Waals surface area (Å²) in [6.07, 6.45) is 0. The zero-order valence-corrected chi connectivity index (χ0v) is 14.4. The Morgan fingerprint density at radius 1 is 0.864 bits per heavy atom. The third-order valence-electron chi connectivity index (χ3n) is 3.53. The lowest BCUT2D eigenvalue weighted by atomic mass is 9.87. The van der Waals surface area contributed by atoms with Crippen LogP contribution in [0.3, 0.4) is 0 Å². The van der Waals surface area contributed by atoms with Crippen molar-refractivity contribution in [3.63, 3.8) is 0 Å². The molecule has 0 aliphatic heterocycles. The molecule has 3 rings (SSSR count). The molecule has 2 aromatic carbocycles. The molecule has 0 bridgehead atoms. The Balaban J connectivity index is 1.89. The highest BCUT2D eigenvalue weighted by Crippen LogP contribution is 2.27. The number of halogens is 1. The van der Waals surface area contributed by atoms with E-state index in [1.165, 1.54) is 5.56 Å². The van der Waals surface area contributed by atoms with Gasteiger partial charge in [-0.25, -0.2) is 0 Å². The van der Waals surface area contributed by atoms with Gasteiger partial charge in [0.2, 0.25) is 5.82 Å². The molecule has 22 heavy (non-hydrogen) atoms. The molecule has 0 saturated carbocycles. The lowest BCUT2D eigenvalue weighted by Crippen LogP contribution is -2.10. The fourth-order valence-corrected chi connectivity index (χ4v) is 2.43. The van der Waals surface area contributed by atoms with Crippen LogP contribution >= 0.6 is 15.9 Å². The second-order valence-electron chi connectivity index (χ2n) is 6.26. The first-order valence-electron chi connectivity index (χ1n) is 7.14. The van der Waals surface area contributed by atoms with Gasteiger partial charge in [0.25, 0.3) is 5.89 Å². The summed E-state index contributed by atoms with van der Waals surface area (Å²) in [4.78, 5) is 4.48. The van der Waals surface area contributed by atoms with Crippen molar-refractivity contribution in [2.75, 3.05) is 0 Å². The molecule has 0 N–H and O–H groups in total. The zero-order chi connectivity index (χ0) is 15.7. The maximum atomic E-state index is 5.39. The Morgan fingerprint density at radius 3 is 2.05 bits per heavy atom. The topological polar surface area (TPSA) is 38.9 Å². The molecule has 0 saturated heterocycles. The molecule has 0 radical (unpaired) electrons.